The van der Waals surface area contributed by atoms with Crippen LogP contribution in [0.5, 0.6) is 11.5 Å². The number of nitrogens with one attached hydrogen (secondary N) is 1. The Morgan fingerprint density at radius 1 is 1.12 bits per heavy atom. The van der Waals surface area contributed by atoms with E-state index in [1.54, 1.807) is 31.3 Å². The van der Waals surface area contributed by atoms with Crippen LogP contribution >= 0.6 is 0 Å². The zero-order chi connectivity index (χ0) is 17.8. The van der Waals surface area contributed by atoms with E-state index in [1.807, 2.05) is 6.07 Å². The molecule has 1 atom stereocenters. The molecule has 2 amide bonds. The molecular formula is C19H26N2O4. The summed E-state index contributed by atoms with van der Waals surface area (Å²) >= 11 is 0. The summed E-state index contributed by atoms with van der Waals surface area (Å²) in [7, 11) is 3.15. The molecule has 1 aromatic rings. The smallest absolute Gasteiger partial charge is 0.229 e. The predicted octanol–water partition coefficient (Wildman–Crippen LogP) is 2.51. The predicted molar refractivity (Wildman–Crippen MR) is 95.0 cm³/mol. The molecule has 2 aliphatic rings. The molecule has 25 heavy (non-hydrogen) atoms. The van der Waals surface area contributed by atoms with Crippen molar-refractivity contribution in [3.05, 3.63) is 18.2 Å². The quantitative estimate of drug-likeness (QED) is 0.889. The van der Waals surface area contributed by atoms with Gasteiger partial charge in [0.1, 0.15) is 0 Å². The highest BCUT2D eigenvalue weighted by Crippen LogP contribution is 2.33. The molecule has 0 bridgehead atoms. The van der Waals surface area contributed by atoms with Crippen LogP contribution in [0.4, 0.5) is 5.69 Å². The maximum absolute atomic E-state index is 12.4. The van der Waals surface area contributed by atoms with Gasteiger partial charge in [0.05, 0.1) is 20.3 Å². The second-order valence-corrected chi connectivity index (χ2v) is 6.79. The molecule has 1 N–H and O–H groups in total. The minimum absolute atomic E-state index is 0.0150. The number of hydrogen-bond donors (Lipinski definition) is 1. The van der Waals surface area contributed by atoms with E-state index in [9.17, 15) is 9.59 Å². The van der Waals surface area contributed by atoms with Crippen LogP contribution < -0.4 is 19.7 Å². The molecule has 1 aliphatic carbocycles. The van der Waals surface area contributed by atoms with Crippen LogP contribution in [0.25, 0.3) is 0 Å². The van der Waals surface area contributed by atoms with Crippen LogP contribution in [0.3, 0.4) is 0 Å². The molecule has 3 rings (SSSR count). The van der Waals surface area contributed by atoms with Gasteiger partial charge in [0.15, 0.2) is 11.5 Å². The first-order valence-electron chi connectivity index (χ1n) is 8.95. The monoisotopic (exact) mass is 346 g/mol. The number of carbonyl (C=O) groups excluding carboxylic acids is 2. The number of carbonyl (C=O) groups is 2. The van der Waals surface area contributed by atoms with Gasteiger partial charge in [-0.3, -0.25) is 9.59 Å². The second-order valence-electron chi connectivity index (χ2n) is 6.79. The number of hydrogen-bond acceptors (Lipinski definition) is 4. The maximum atomic E-state index is 12.4. The van der Waals surface area contributed by atoms with Gasteiger partial charge in [0.2, 0.25) is 11.8 Å². The molecular weight excluding hydrogens is 320 g/mol. The zero-order valence-corrected chi connectivity index (χ0v) is 14.9. The molecule has 2 fully saturated rings. The minimum Gasteiger partial charge on any atom is -0.493 e. The summed E-state index contributed by atoms with van der Waals surface area (Å²) in [5, 5.41) is 3.07. The molecule has 1 heterocycles. The fourth-order valence-corrected chi connectivity index (χ4v) is 3.73. The Balaban J connectivity index is 1.65. The summed E-state index contributed by atoms with van der Waals surface area (Å²) in [6, 6.07) is 5.29. The lowest BCUT2D eigenvalue weighted by molar-refractivity contribution is -0.126. The van der Waals surface area contributed by atoms with Gasteiger partial charge in [0, 0.05) is 30.6 Å². The zero-order valence-electron chi connectivity index (χ0n) is 14.9. The van der Waals surface area contributed by atoms with Crippen molar-refractivity contribution in [3.8, 4) is 11.5 Å². The van der Waals surface area contributed by atoms with Crippen molar-refractivity contribution in [1.29, 1.82) is 0 Å². The van der Waals surface area contributed by atoms with E-state index < -0.39 is 0 Å². The highest BCUT2D eigenvalue weighted by atomic mass is 16.5. The summed E-state index contributed by atoms with van der Waals surface area (Å²) in [5.74, 6) is 1.44. The maximum Gasteiger partial charge on any atom is 0.229 e. The third kappa shape index (κ3) is 3.89. The van der Waals surface area contributed by atoms with E-state index in [2.05, 4.69) is 5.32 Å². The van der Waals surface area contributed by atoms with Crippen molar-refractivity contribution in [1.82, 2.24) is 5.32 Å². The van der Waals surface area contributed by atoms with Crippen LogP contribution in [0.15, 0.2) is 18.2 Å². The molecule has 1 saturated heterocycles. The van der Waals surface area contributed by atoms with E-state index >= 15 is 0 Å². The lowest BCUT2D eigenvalue weighted by Gasteiger charge is -2.23. The SMILES string of the molecule is COc1ccc(N2C[C@@H](NC(=O)C3CCCCC3)CC2=O)cc1OC. The largest absolute Gasteiger partial charge is 0.493 e. The highest BCUT2D eigenvalue weighted by molar-refractivity contribution is 5.97. The minimum atomic E-state index is -0.130. The average molecular weight is 346 g/mol. The first-order chi connectivity index (χ1) is 12.1. The van der Waals surface area contributed by atoms with Gasteiger partial charge in [-0.15, -0.1) is 0 Å². The molecule has 1 saturated carbocycles. The first-order valence-corrected chi connectivity index (χ1v) is 8.95. The molecule has 136 valence electrons. The Morgan fingerprint density at radius 2 is 1.84 bits per heavy atom. The fraction of sp³-hybridized carbons (Fsp3) is 0.579. The summed E-state index contributed by atoms with van der Waals surface area (Å²) in [6.07, 6.45) is 5.74. The summed E-state index contributed by atoms with van der Waals surface area (Å²) in [6.45, 7) is 0.493. The van der Waals surface area contributed by atoms with Crippen molar-refractivity contribution in [2.45, 2.75) is 44.6 Å². The normalized spacial score (nSPS) is 21.3. The van der Waals surface area contributed by atoms with E-state index in [0.717, 1.165) is 31.4 Å². The number of ether oxygens (including phenoxy) is 2. The second kappa shape index (κ2) is 7.76. The van der Waals surface area contributed by atoms with Crippen molar-refractivity contribution < 1.29 is 19.1 Å². The van der Waals surface area contributed by atoms with Gasteiger partial charge < -0.3 is 19.7 Å². The van der Waals surface area contributed by atoms with Crippen LogP contribution in [0.1, 0.15) is 38.5 Å². The van der Waals surface area contributed by atoms with Gasteiger partial charge in [0.25, 0.3) is 0 Å². The molecule has 0 aromatic heterocycles. The number of benzene rings is 1. The first kappa shape index (κ1) is 17.6. The topological polar surface area (TPSA) is 67.9 Å². The Bertz CT molecular complexity index is 640. The van der Waals surface area contributed by atoms with E-state index in [4.69, 9.17) is 9.47 Å². The van der Waals surface area contributed by atoms with Crippen LogP contribution in [0, 0.1) is 5.92 Å². The number of amides is 2. The Hall–Kier alpha value is -2.24. The van der Waals surface area contributed by atoms with Crippen LogP contribution in [-0.4, -0.2) is 38.6 Å². The summed E-state index contributed by atoms with van der Waals surface area (Å²) in [4.78, 5) is 26.5. The van der Waals surface area contributed by atoms with E-state index in [-0.39, 0.29) is 23.8 Å². The molecule has 6 heteroatoms. The Morgan fingerprint density at radius 3 is 2.52 bits per heavy atom. The number of anilines is 1. The van der Waals surface area contributed by atoms with Gasteiger partial charge in [-0.1, -0.05) is 19.3 Å². The lowest BCUT2D eigenvalue weighted by Crippen LogP contribution is -2.41. The van der Waals surface area contributed by atoms with Crippen molar-refractivity contribution in [2.24, 2.45) is 5.92 Å². The van der Waals surface area contributed by atoms with Crippen molar-refractivity contribution >= 4 is 17.5 Å². The third-order valence-corrected chi connectivity index (χ3v) is 5.13. The molecule has 1 aromatic carbocycles. The van der Waals surface area contributed by atoms with Gasteiger partial charge >= 0.3 is 0 Å². The van der Waals surface area contributed by atoms with E-state index in [1.165, 1.54) is 6.42 Å². The molecule has 1 aliphatic heterocycles. The van der Waals surface area contributed by atoms with Gasteiger partial charge in [-0.05, 0) is 25.0 Å². The van der Waals surface area contributed by atoms with Crippen LogP contribution in [-0.2, 0) is 9.59 Å². The molecule has 0 spiro atoms. The van der Waals surface area contributed by atoms with Crippen molar-refractivity contribution in [2.75, 3.05) is 25.7 Å². The number of rotatable bonds is 5. The van der Waals surface area contributed by atoms with Crippen molar-refractivity contribution in [3.63, 3.8) is 0 Å². The average Bonchev–Trinajstić information content (AvgIpc) is 3.01. The molecule has 0 unspecified atom stereocenters. The fourth-order valence-electron chi connectivity index (χ4n) is 3.73. The van der Waals surface area contributed by atoms with Crippen LogP contribution in [0.2, 0.25) is 0 Å². The number of nitrogens with zero attached hydrogens (tertiary/aromatic N) is 1. The summed E-state index contributed by atoms with van der Waals surface area (Å²) < 4.78 is 10.5. The van der Waals surface area contributed by atoms with E-state index in [0.29, 0.717) is 24.5 Å². The summed E-state index contributed by atoms with van der Waals surface area (Å²) in [5.41, 5.74) is 0.761. The standard InChI is InChI=1S/C19H26N2O4/c1-24-16-9-8-15(11-17(16)25-2)21-12-14(10-18(21)22)20-19(23)13-6-4-3-5-7-13/h8-9,11,13-14H,3-7,10,12H2,1-2H3,(H,20,23)/t14-/m0/s1. The Kier molecular flexibility index (Phi) is 5.46. The lowest BCUT2D eigenvalue weighted by atomic mass is 9.88. The van der Waals surface area contributed by atoms with Gasteiger partial charge in [-0.25, -0.2) is 0 Å². The highest BCUT2D eigenvalue weighted by Gasteiger charge is 2.33. The Labute approximate surface area is 148 Å². The third-order valence-electron chi connectivity index (χ3n) is 5.13. The van der Waals surface area contributed by atoms with Gasteiger partial charge in [-0.2, -0.15) is 0 Å². The number of methoxy groups -OCH3 is 2. The molecule has 6 nitrogen and oxygen atoms in total. The molecule has 0 radical (unpaired) electrons.